The maximum Gasteiger partial charge on any atom is 0.504 e. The first kappa shape index (κ1) is 16.8. The lowest BCUT2D eigenvalue weighted by Crippen LogP contribution is -2.49. The number of rotatable bonds is 9. The van der Waals surface area contributed by atoms with Crippen molar-refractivity contribution in [2.24, 2.45) is 0 Å². The van der Waals surface area contributed by atoms with E-state index in [1.165, 1.54) is 5.57 Å². The Morgan fingerprint density at radius 3 is 1.76 bits per heavy atom. The Hall–Kier alpha value is -0.163. The Morgan fingerprint density at radius 1 is 1.06 bits per heavy atom. The quantitative estimate of drug-likeness (QED) is 0.466. The lowest BCUT2D eigenvalue weighted by atomic mass is 10.2. The maximum absolute atomic E-state index is 5.88. The first-order chi connectivity index (χ1) is 8.06. The maximum atomic E-state index is 5.88. The van der Waals surface area contributed by atoms with Crippen LogP contribution in [-0.2, 0) is 13.3 Å². The summed E-state index contributed by atoms with van der Waals surface area (Å²) in [4.78, 5) is 0. The van der Waals surface area contributed by atoms with Crippen LogP contribution in [0.5, 0.6) is 0 Å². The summed E-state index contributed by atoms with van der Waals surface area (Å²) in [5.74, 6) is 0. The summed E-state index contributed by atoms with van der Waals surface area (Å²) in [5, 5.41) is 0. The fraction of sp³-hybridized carbons (Fsp3) is 0.846. The third kappa shape index (κ3) is 5.34. The van der Waals surface area contributed by atoms with Gasteiger partial charge in [0, 0.05) is 25.4 Å². The molecule has 1 atom stereocenters. The van der Waals surface area contributed by atoms with Gasteiger partial charge in [0.25, 0.3) is 0 Å². The first-order valence-electron chi connectivity index (χ1n) is 6.59. The average Bonchev–Trinajstić information content (AvgIpc) is 2.29. The second-order valence-corrected chi connectivity index (χ2v) is 7.20. The van der Waals surface area contributed by atoms with Gasteiger partial charge in [-0.25, -0.2) is 0 Å². The summed E-state index contributed by atoms with van der Waals surface area (Å²) in [5.41, 5.74) is 1.66. The Balaban J connectivity index is 4.83. The third-order valence-corrected chi connectivity index (χ3v) is 6.25. The lowest BCUT2D eigenvalue weighted by Gasteiger charge is -2.33. The minimum atomic E-state index is -2.52. The highest BCUT2D eigenvalue weighted by molar-refractivity contribution is 6.62. The van der Waals surface area contributed by atoms with Crippen LogP contribution in [0.4, 0.5) is 0 Å². The molecule has 3 nitrogen and oxygen atoms in total. The minimum Gasteiger partial charge on any atom is -0.374 e. The van der Waals surface area contributed by atoms with Crippen molar-refractivity contribution in [1.82, 2.24) is 0 Å². The van der Waals surface area contributed by atoms with E-state index in [9.17, 15) is 0 Å². The van der Waals surface area contributed by atoms with Crippen molar-refractivity contribution >= 4 is 8.80 Å². The molecule has 0 fully saturated rings. The molecular formula is C13H28O3Si. The lowest BCUT2D eigenvalue weighted by molar-refractivity contribution is 0.0624. The van der Waals surface area contributed by atoms with Crippen molar-refractivity contribution in [2.75, 3.05) is 19.8 Å². The van der Waals surface area contributed by atoms with Crippen molar-refractivity contribution in [3.05, 3.63) is 11.6 Å². The molecule has 0 aliphatic rings. The molecule has 0 heterocycles. The molecule has 0 radical (unpaired) electrons. The zero-order valence-electron chi connectivity index (χ0n) is 12.2. The predicted molar refractivity (Wildman–Crippen MR) is 74.1 cm³/mol. The normalized spacial score (nSPS) is 15.1. The van der Waals surface area contributed by atoms with Crippen LogP contribution >= 0.6 is 0 Å². The van der Waals surface area contributed by atoms with Crippen molar-refractivity contribution < 1.29 is 13.3 Å². The van der Waals surface area contributed by atoms with Crippen LogP contribution < -0.4 is 0 Å². The summed E-state index contributed by atoms with van der Waals surface area (Å²) in [6.45, 7) is 14.3. The molecule has 4 heteroatoms. The second-order valence-electron chi connectivity index (χ2n) is 4.14. The van der Waals surface area contributed by atoms with Crippen LogP contribution in [0.2, 0.25) is 5.54 Å². The molecule has 0 bridgehead atoms. The highest BCUT2D eigenvalue weighted by Crippen LogP contribution is 2.31. The number of hydrogen-bond donors (Lipinski definition) is 0. The standard InChI is InChI=1S/C13H28O3Si/c1-7-12(5)11-13(6)17(14-8-2,15-9-3)16-10-4/h7,13H,8-11H2,1-6H3. The van der Waals surface area contributed by atoms with E-state index in [0.717, 1.165) is 6.42 Å². The van der Waals surface area contributed by atoms with Gasteiger partial charge in [-0.1, -0.05) is 18.6 Å². The Morgan fingerprint density at radius 2 is 1.47 bits per heavy atom. The molecule has 0 spiro atoms. The van der Waals surface area contributed by atoms with Gasteiger partial charge in [-0.05, 0) is 41.0 Å². The fourth-order valence-corrected chi connectivity index (χ4v) is 4.76. The summed E-state index contributed by atoms with van der Waals surface area (Å²) < 4.78 is 17.7. The molecule has 0 aromatic heterocycles. The van der Waals surface area contributed by atoms with E-state index in [1.54, 1.807) is 0 Å². The average molecular weight is 260 g/mol. The van der Waals surface area contributed by atoms with Gasteiger partial charge in [0.2, 0.25) is 0 Å². The molecule has 102 valence electrons. The van der Waals surface area contributed by atoms with Crippen molar-refractivity contribution in [3.63, 3.8) is 0 Å². The third-order valence-electron chi connectivity index (χ3n) is 2.76. The highest BCUT2D eigenvalue weighted by Gasteiger charge is 2.46. The summed E-state index contributed by atoms with van der Waals surface area (Å²) >= 11 is 0. The Bertz CT molecular complexity index is 212. The topological polar surface area (TPSA) is 27.7 Å². The molecule has 0 saturated carbocycles. The molecule has 0 N–H and O–H groups in total. The van der Waals surface area contributed by atoms with E-state index < -0.39 is 8.80 Å². The molecule has 0 saturated heterocycles. The molecule has 0 aromatic rings. The highest BCUT2D eigenvalue weighted by atomic mass is 28.4. The van der Waals surface area contributed by atoms with E-state index >= 15 is 0 Å². The van der Waals surface area contributed by atoms with Gasteiger partial charge in [0.15, 0.2) is 0 Å². The SMILES string of the molecule is CC=C(C)CC(C)[Si](OCC)(OCC)OCC. The van der Waals surface area contributed by atoms with E-state index in [1.807, 2.05) is 20.8 Å². The molecule has 0 amide bonds. The van der Waals surface area contributed by atoms with Crippen molar-refractivity contribution in [3.8, 4) is 0 Å². The molecule has 17 heavy (non-hydrogen) atoms. The molecule has 1 unspecified atom stereocenters. The largest absolute Gasteiger partial charge is 0.504 e. The molecular weight excluding hydrogens is 232 g/mol. The zero-order valence-corrected chi connectivity index (χ0v) is 13.2. The van der Waals surface area contributed by atoms with Crippen LogP contribution in [0.15, 0.2) is 11.6 Å². The predicted octanol–water partition coefficient (Wildman–Crippen LogP) is 3.78. The van der Waals surface area contributed by atoms with E-state index in [-0.39, 0.29) is 0 Å². The van der Waals surface area contributed by atoms with Crippen LogP contribution in [0.1, 0.15) is 48.0 Å². The van der Waals surface area contributed by atoms with Crippen molar-refractivity contribution in [2.45, 2.75) is 53.5 Å². The van der Waals surface area contributed by atoms with Gasteiger partial charge in [0.1, 0.15) is 0 Å². The van der Waals surface area contributed by atoms with Gasteiger partial charge < -0.3 is 13.3 Å². The zero-order chi connectivity index (χ0) is 13.3. The Labute approximate surface area is 108 Å². The number of hydrogen-bond acceptors (Lipinski definition) is 3. The van der Waals surface area contributed by atoms with Crippen LogP contribution in [0.3, 0.4) is 0 Å². The Kier molecular flexibility index (Phi) is 8.77. The van der Waals surface area contributed by atoms with Gasteiger partial charge in [-0.3, -0.25) is 0 Å². The molecule has 0 aliphatic heterocycles. The first-order valence-corrected chi connectivity index (χ1v) is 8.40. The molecule has 0 aliphatic carbocycles. The second kappa shape index (κ2) is 8.86. The minimum absolute atomic E-state index is 0.304. The van der Waals surface area contributed by atoms with Gasteiger partial charge in [-0.15, -0.1) is 0 Å². The smallest absolute Gasteiger partial charge is 0.374 e. The van der Waals surface area contributed by atoms with Crippen LogP contribution in [0.25, 0.3) is 0 Å². The van der Waals surface area contributed by atoms with E-state index in [4.69, 9.17) is 13.3 Å². The van der Waals surface area contributed by atoms with Crippen LogP contribution in [-0.4, -0.2) is 28.6 Å². The number of allylic oxidation sites excluding steroid dienone is 2. The monoisotopic (exact) mass is 260 g/mol. The molecule has 0 aromatic carbocycles. The summed E-state index contributed by atoms with van der Waals surface area (Å²) in [6, 6.07) is 0. The van der Waals surface area contributed by atoms with Crippen LogP contribution in [0, 0.1) is 0 Å². The van der Waals surface area contributed by atoms with Crippen molar-refractivity contribution in [1.29, 1.82) is 0 Å². The summed E-state index contributed by atoms with van der Waals surface area (Å²) in [6.07, 6.45) is 3.11. The van der Waals surface area contributed by atoms with Gasteiger partial charge in [0.05, 0.1) is 0 Å². The summed E-state index contributed by atoms with van der Waals surface area (Å²) in [7, 11) is -2.52. The fourth-order valence-electron chi connectivity index (χ4n) is 1.88. The van der Waals surface area contributed by atoms with Gasteiger partial charge >= 0.3 is 8.80 Å². The van der Waals surface area contributed by atoms with Gasteiger partial charge in [-0.2, -0.15) is 0 Å². The van der Waals surface area contributed by atoms with E-state index in [2.05, 4.69) is 26.8 Å². The molecule has 0 rings (SSSR count). The van der Waals surface area contributed by atoms with E-state index in [0.29, 0.717) is 25.4 Å².